The normalized spacial score (nSPS) is 18.0. The minimum Gasteiger partial charge on any atom is -0.367 e. The average molecular weight is 517 g/mol. The molecular weight excluding hydrogens is 485 g/mol. The van der Waals surface area contributed by atoms with Crippen molar-refractivity contribution in [3.63, 3.8) is 0 Å². The third-order valence-corrected chi connectivity index (χ3v) is 5.62. The third-order valence-electron chi connectivity index (χ3n) is 4.77. The van der Waals surface area contributed by atoms with Crippen LogP contribution in [0, 0.1) is 0 Å². The largest absolute Gasteiger partial charge is 0.367 e. The molecule has 156 valence electrons. The van der Waals surface area contributed by atoms with Crippen LogP contribution in [-0.2, 0) is 19.0 Å². The Bertz CT molecular complexity index is 777. The molecule has 1 unspecified atom stereocenters. The molecule has 0 amide bonds. The van der Waals surface area contributed by atoms with Crippen molar-refractivity contribution in [2.45, 2.75) is 51.6 Å². The van der Waals surface area contributed by atoms with Crippen molar-refractivity contribution >= 4 is 47.0 Å². The molecule has 3 heterocycles. The first kappa shape index (κ1) is 22.9. The van der Waals surface area contributed by atoms with Crippen LogP contribution in [0.3, 0.4) is 0 Å². The first-order valence-corrected chi connectivity index (χ1v) is 10.4. The Morgan fingerprint density at radius 2 is 2.18 bits per heavy atom. The van der Waals surface area contributed by atoms with E-state index in [1.54, 1.807) is 11.3 Å². The highest BCUT2D eigenvalue weighted by Crippen LogP contribution is 2.23. The molecule has 1 atom stereocenters. The summed E-state index contributed by atoms with van der Waals surface area (Å²) in [4.78, 5) is 11.5. The van der Waals surface area contributed by atoms with Crippen LogP contribution in [0.5, 0.6) is 0 Å². The summed E-state index contributed by atoms with van der Waals surface area (Å²) in [5.41, 5.74) is 2.42. The van der Waals surface area contributed by atoms with Gasteiger partial charge in [-0.25, -0.2) is 4.98 Å². The molecule has 1 fully saturated rings. The minimum atomic E-state index is 0. The van der Waals surface area contributed by atoms with Crippen LogP contribution >= 0.6 is 35.3 Å². The van der Waals surface area contributed by atoms with E-state index in [1.807, 2.05) is 25.0 Å². The standard InChI is InChI=1S/C19H31N7S.HI/c1-19(2,3)16-13-27-17(24-16)10-21-18(20-4)23-14-7-6-8-26(11-14)15-9-22-25(5)12-15;/h9,12-14H,6-8,10-11H2,1-5H3,(H2,20,21,23);1H. The number of aryl methyl sites for hydroxylation is 1. The molecule has 0 radical (unpaired) electrons. The van der Waals surface area contributed by atoms with Crippen molar-refractivity contribution < 1.29 is 0 Å². The molecule has 9 heteroatoms. The molecule has 1 aliphatic rings. The number of guanidine groups is 1. The number of hydrogen-bond donors (Lipinski definition) is 2. The SMILES string of the molecule is CN=C(NCc1nc(C(C)(C)C)cs1)NC1CCCN(c2cnn(C)c2)C1.I. The number of aliphatic imine (C=N–C) groups is 1. The zero-order valence-electron chi connectivity index (χ0n) is 17.4. The predicted octanol–water partition coefficient (Wildman–Crippen LogP) is 3.13. The lowest BCUT2D eigenvalue weighted by Gasteiger charge is -2.34. The van der Waals surface area contributed by atoms with E-state index >= 15 is 0 Å². The highest BCUT2D eigenvalue weighted by Gasteiger charge is 2.22. The lowest BCUT2D eigenvalue weighted by Crippen LogP contribution is -2.51. The van der Waals surface area contributed by atoms with E-state index in [2.05, 4.69) is 58.0 Å². The van der Waals surface area contributed by atoms with Gasteiger partial charge in [0.2, 0.25) is 0 Å². The smallest absolute Gasteiger partial charge is 0.191 e. The van der Waals surface area contributed by atoms with Crippen molar-refractivity contribution in [1.29, 1.82) is 0 Å². The molecule has 0 bridgehead atoms. The van der Waals surface area contributed by atoms with Gasteiger partial charge in [-0.3, -0.25) is 9.67 Å². The second-order valence-electron chi connectivity index (χ2n) is 8.10. The zero-order chi connectivity index (χ0) is 19.4. The lowest BCUT2D eigenvalue weighted by molar-refractivity contribution is 0.468. The van der Waals surface area contributed by atoms with Gasteiger partial charge in [0.15, 0.2) is 5.96 Å². The van der Waals surface area contributed by atoms with E-state index in [9.17, 15) is 0 Å². The van der Waals surface area contributed by atoms with Crippen molar-refractivity contribution in [2.75, 3.05) is 25.0 Å². The number of thiazole rings is 1. The molecule has 0 aromatic carbocycles. The van der Waals surface area contributed by atoms with Crippen LogP contribution in [0.15, 0.2) is 22.8 Å². The molecule has 3 rings (SSSR count). The summed E-state index contributed by atoms with van der Waals surface area (Å²) < 4.78 is 1.85. The fourth-order valence-electron chi connectivity index (χ4n) is 3.18. The third kappa shape index (κ3) is 6.07. The summed E-state index contributed by atoms with van der Waals surface area (Å²) in [5.74, 6) is 0.834. The van der Waals surface area contributed by atoms with E-state index in [1.165, 1.54) is 5.69 Å². The molecule has 0 spiro atoms. The average Bonchev–Trinajstić information content (AvgIpc) is 3.27. The van der Waals surface area contributed by atoms with Gasteiger partial charge in [0.25, 0.3) is 0 Å². The summed E-state index contributed by atoms with van der Waals surface area (Å²) in [6, 6.07) is 0.367. The Kier molecular flexibility index (Phi) is 8.11. The van der Waals surface area contributed by atoms with Crippen molar-refractivity contribution in [1.82, 2.24) is 25.4 Å². The first-order chi connectivity index (χ1) is 12.8. The molecule has 7 nitrogen and oxygen atoms in total. The number of hydrogen-bond acceptors (Lipinski definition) is 5. The Morgan fingerprint density at radius 1 is 1.39 bits per heavy atom. The molecule has 2 N–H and O–H groups in total. The van der Waals surface area contributed by atoms with Crippen molar-refractivity contribution in [2.24, 2.45) is 12.0 Å². The maximum atomic E-state index is 4.74. The summed E-state index contributed by atoms with van der Waals surface area (Å²) in [5, 5.41) is 14.5. The molecule has 1 saturated heterocycles. The van der Waals surface area contributed by atoms with Crippen LogP contribution in [0.4, 0.5) is 5.69 Å². The quantitative estimate of drug-likeness (QED) is 0.371. The van der Waals surface area contributed by atoms with E-state index in [0.717, 1.165) is 42.6 Å². The maximum Gasteiger partial charge on any atom is 0.191 e. The fourth-order valence-corrected chi connectivity index (χ4v) is 4.15. The maximum absolute atomic E-state index is 4.74. The second kappa shape index (κ2) is 9.91. The Morgan fingerprint density at radius 3 is 2.79 bits per heavy atom. The Labute approximate surface area is 189 Å². The number of piperidine rings is 1. The zero-order valence-corrected chi connectivity index (χ0v) is 20.5. The minimum absolute atomic E-state index is 0. The molecule has 0 saturated carbocycles. The number of rotatable bonds is 4. The highest BCUT2D eigenvalue weighted by molar-refractivity contribution is 14.0. The van der Waals surface area contributed by atoms with Crippen LogP contribution in [0.1, 0.15) is 44.3 Å². The Balaban J connectivity index is 0.00000280. The highest BCUT2D eigenvalue weighted by atomic mass is 127. The summed E-state index contributed by atoms with van der Waals surface area (Å²) in [6.45, 7) is 9.30. The molecule has 2 aromatic rings. The van der Waals surface area contributed by atoms with Gasteiger partial charge in [0, 0.05) is 50.2 Å². The van der Waals surface area contributed by atoms with Crippen molar-refractivity contribution in [3.05, 3.63) is 28.5 Å². The Hall–Kier alpha value is -1.36. The van der Waals surface area contributed by atoms with Crippen molar-refractivity contribution in [3.8, 4) is 0 Å². The summed E-state index contributed by atoms with van der Waals surface area (Å²) in [6.07, 6.45) is 6.31. The van der Waals surface area contributed by atoms with Crippen LogP contribution in [0.2, 0.25) is 0 Å². The van der Waals surface area contributed by atoms with Gasteiger partial charge >= 0.3 is 0 Å². The van der Waals surface area contributed by atoms with E-state index in [0.29, 0.717) is 12.6 Å². The monoisotopic (exact) mass is 517 g/mol. The fraction of sp³-hybridized carbons (Fsp3) is 0.632. The van der Waals surface area contributed by atoms with Gasteiger partial charge < -0.3 is 15.5 Å². The number of anilines is 1. The van der Waals surface area contributed by atoms with E-state index < -0.39 is 0 Å². The molecular formula is C19H32IN7S. The van der Waals surface area contributed by atoms with Gasteiger partial charge in [-0.15, -0.1) is 35.3 Å². The molecule has 28 heavy (non-hydrogen) atoms. The molecule has 2 aromatic heterocycles. The topological polar surface area (TPSA) is 70.4 Å². The lowest BCUT2D eigenvalue weighted by atomic mass is 9.93. The van der Waals surface area contributed by atoms with Gasteiger partial charge in [-0.2, -0.15) is 5.10 Å². The van der Waals surface area contributed by atoms with Gasteiger partial charge in [0.1, 0.15) is 5.01 Å². The summed E-state index contributed by atoms with van der Waals surface area (Å²) >= 11 is 1.70. The van der Waals surface area contributed by atoms with Gasteiger partial charge in [-0.05, 0) is 12.8 Å². The van der Waals surface area contributed by atoms with Gasteiger partial charge in [-0.1, -0.05) is 20.8 Å². The number of halogens is 1. The second-order valence-corrected chi connectivity index (χ2v) is 9.05. The number of nitrogens with one attached hydrogen (secondary N) is 2. The van der Waals surface area contributed by atoms with Crippen LogP contribution in [0.25, 0.3) is 0 Å². The predicted molar refractivity (Wildman–Crippen MR) is 128 cm³/mol. The van der Waals surface area contributed by atoms with E-state index in [-0.39, 0.29) is 29.4 Å². The van der Waals surface area contributed by atoms with Gasteiger partial charge in [0.05, 0.1) is 24.1 Å². The number of aromatic nitrogens is 3. The van der Waals surface area contributed by atoms with E-state index in [4.69, 9.17) is 4.98 Å². The first-order valence-electron chi connectivity index (χ1n) is 9.51. The van der Waals surface area contributed by atoms with Crippen LogP contribution < -0.4 is 15.5 Å². The number of nitrogens with zero attached hydrogens (tertiary/aromatic N) is 5. The van der Waals surface area contributed by atoms with Crippen LogP contribution in [-0.4, -0.2) is 46.9 Å². The summed E-state index contributed by atoms with van der Waals surface area (Å²) in [7, 11) is 3.78. The molecule has 0 aliphatic carbocycles. The molecule has 1 aliphatic heterocycles.